The molecule has 0 saturated carbocycles. The number of aromatic nitrogens is 1. The van der Waals surface area contributed by atoms with Crippen LogP contribution < -0.4 is 0 Å². The Balaban J connectivity index is 2.13. The van der Waals surface area contributed by atoms with Gasteiger partial charge >= 0.3 is 0 Å². The van der Waals surface area contributed by atoms with Crippen molar-refractivity contribution in [3.8, 4) is 0 Å². The lowest BCUT2D eigenvalue weighted by Gasteiger charge is -2.03. The van der Waals surface area contributed by atoms with E-state index in [9.17, 15) is 0 Å². The van der Waals surface area contributed by atoms with Crippen LogP contribution in [0.2, 0.25) is 0 Å². The molecule has 1 aromatic heterocycles. The highest BCUT2D eigenvalue weighted by Gasteiger charge is 2.27. The minimum atomic E-state index is 0.325. The van der Waals surface area contributed by atoms with Crippen LogP contribution in [0.15, 0.2) is 36.4 Å². The summed E-state index contributed by atoms with van der Waals surface area (Å²) in [4.78, 5) is 3.51. The van der Waals surface area contributed by atoms with E-state index in [1.54, 1.807) is 0 Å². The molecule has 1 fully saturated rings. The van der Waals surface area contributed by atoms with Crippen LogP contribution in [0.25, 0.3) is 21.8 Å². The van der Waals surface area contributed by atoms with Crippen LogP contribution in [0, 0.1) is 6.92 Å². The number of nitrogens with one attached hydrogen (secondary N) is 1. The molecule has 1 saturated heterocycles. The molecule has 1 aliphatic rings. The number of epoxide rings is 1. The predicted molar refractivity (Wildman–Crippen MR) is 69.2 cm³/mol. The van der Waals surface area contributed by atoms with Crippen molar-refractivity contribution in [3.63, 3.8) is 0 Å². The van der Waals surface area contributed by atoms with Crippen LogP contribution in [0.4, 0.5) is 0 Å². The smallest absolute Gasteiger partial charge is 0.106 e. The summed E-state index contributed by atoms with van der Waals surface area (Å²) in [5.74, 6) is 0. The first kappa shape index (κ1) is 9.25. The van der Waals surface area contributed by atoms with Gasteiger partial charge in [-0.1, -0.05) is 30.3 Å². The number of para-hydroxylation sites is 1. The van der Waals surface area contributed by atoms with Crippen molar-refractivity contribution in [1.82, 2.24) is 4.98 Å². The van der Waals surface area contributed by atoms with Gasteiger partial charge in [-0.2, -0.15) is 0 Å². The van der Waals surface area contributed by atoms with E-state index in [4.69, 9.17) is 4.74 Å². The van der Waals surface area contributed by atoms with Gasteiger partial charge in [0.05, 0.1) is 6.61 Å². The maximum atomic E-state index is 5.38. The van der Waals surface area contributed by atoms with Gasteiger partial charge in [-0.05, 0) is 24.1 Å². The molecule has 0 spiro atoms. The van der Waals surface area contributed by atoms with Gasteiger partial charge in [0.15, 0.2) is 0 Å². The Kier molecular flexibility index (Phi) is 1.69. The highest BCUT2D eigenvalue weighted by molar-refractivity contribution is 6.08. The van der Waals surface area contributed by atoms with E-state index in [2.05, 4.69) is 48.3 Å². The Morgan fingerprint density at radius 3 is 2.76 bits per heavy atom. The SMILES string of the molecule is Cc1c(C2CO2)ccc2c1[nH]c1ccccc12. The van der Waals surface area contributed by atoms with Crippen LogP contribution in [-0.4, -0.2) is 11.6 Å². The highest BCUT2D eigenvalue weighted by Crippen LogP contribution is 2.36. The van der Waals surface area contributed by atoms with Gasteiger partial charge in [-0.25, -0.2) is 0 Å². The topological polar surface area (TPSA) is 28.3 Å². The molecule has 1 aliphatic heterocycles. The zero-order valence-corrected chi connectivity index (χ0v) is 9.66. The number of hydrogen-bond donors (Lipinski definition) is 1. The summed E-state index contributed by atoms with van der Waals surface area (Å²) >= 11 is 0. The molecule has 0 amide bonds. The molecule has 1 N–H and O–H groups in total. The average molecular weight is 223 g/mol. The standard InChI is InChI=1S/C15H13NO/c1-9-10(14-8-17-14)6-7-12-11-4-2-3-5-13(11)16-15(9)12/h2-7,14,16H,8H2,1H3. The summed E-state index contributed by atoms with van der Waals surface area (Å²) in [7, 11) is 0. The quantitative estimate of drug-likeness (QED) is 0.626. The third kappa shape index (κ3) is 1.25. The normalized spacial score (nSPS) is 19.0. The van der Waals surface area contributed by atoms with Gasteiger partial charge < -0.3 is 9.72 Å². The highest BCUT2D eigenvalue weighted by atomic mass is 16.6. The summed E-state index contributed by atoms with van der Waals surface area (Å²) in [6, 6.07) is 12.9. The fourth-order valence-electron chi connectivity index (χ4n) is 2.65. The second-order valence-electron chi connectivity index (χ2n) is 4.69. The molecule has 4 rings (SSSR count). The summed E-state index contributed by atoms with van der Waals surface area (Å²) < 4.78 is 5.38. The third-order valence-electron chi connectivity index (χ3n) is 3.66. The van der Waals surface area contributed by atoms with Gasteiger partial charge in [0.1, 0.15) is 6.10 Å². The molecule has 1 unspecified atom stereocenters. The molecule has 17 heavy (non-hydrogen) atoms. The van der Waals surface area contributed by atoms with Gasteiger partial charge in [0.25, 0.3) is 0 Å². The molecule has 2 aromatic carbocycles. The van der Waals surface area contributed by atoms with Crippen LogP contribution in [0.1, 0.15) is 17.2 Å². The maximum absolute atomic E-state index is 5.38. The van der Waals surface area contributed by atoms with Crippen molar-refractivity contribution in [2.45, 2.75) is 13.0 Å². The second kappa shape index (κ2) is 3.11. The number of fused-ring (bicyclic) bond motifs is 3. The van der Waals surface area contributed by atoms with Crippen LogP contribution >= 0.6 is 0 Å². The third-order valence-corrected chi connectivity index (χ3v) is 3.66. The lowest BCUT2D eigenvalue weighted by Crippen LogP contribution is -1.87. The minimum absolute atomic E-state index is 0.325. The average Bonchev–Trinajstić information content (AvgIpc) is 3.11. The molecule has 0 radical (unpaired) electrons. The minimum Gasteiger partial charge on any atom is -0.368 e. The Morgan fingerprint density at radius 1 is 1.12 bits per heavy atom. The number of hydrogen-bond acceptors (Lipinski definition) is 1. The van der Waals surface area contributed by atoms with Gasteiger partial charge in [-0.3, -0.25) is 0 Å². The van der Waals surface area contributed by atoms with Crippen molar-refractivity contribution in [2.24, 2.45) is 0 Å². The van der Waals surface area contributed by atoms with E-state index in [0.717, 1.165) is 6.61 Å². The zero-order valence-electron chi connectivity index (χ0n) is 9.66. The number of aryl methyl sites for hydroxylation is 1. The van der Waals surface area contributed by atoms with Crippen LogP contribution in [0.3, 0.4) is 0 Å². The molecule has 0 aliphatic carbocycles. The summed E-state index contributed by atoms with van der Waals surface area (Å²) in [6.45, 7) is 3.04. The van der Waals surface area contributed by atoms with E-state index in [1.165, 1.54) is 32.9 Å². The first-order chi connectivity index (χ1) is 8.34. The Bertz CT molecular complexity index is 722. The molecular weight excluding hydrogens is 210 g/mol. The van der Waals surface area contributed by atoms with Crippen LogP contribution in [0.5, 0.6) is 0 Å². The zero-order chi connectivity index (χ0) is 11.4. The van der Waals surface area contributed by atoms with Crippen molar-refractivity contribution in [2.75, 3.05) is 6.61 Å². The Labute approximate surface area is 99.2 Å². The number of aromatic amines is 1. The van der Waals surface area contributed by atoms with Gasteiger partial charge in [0, 0.05) is 21.8 Å². The second-order valence-corrected chi connectivity index (χ2v) is 4.69. The summed E-state index contributed by atoms with van der Waals surface area (Å²) in [6.07, 6.45) is 0.325. The first-order valence-corrected chi connectivity index (χ1v) is 5.96. The molecule has 0 bridgehead atoms. The number of ether oxygens (including phenoxy) is 1. The monoisotopic (exact) mass is 223 g/mol. The fourth-order valence-corrected chi connectivity index (χ4v) is 2.65. The van der Waals surface area contributed by atoms with E-state index < -0.39 is 0 Å². The van der Waals surface area contributed by atoms with Gasteiger partial charge in [0.2, 0.25) is 0 Å². The van der Waals surface area contributed by atoms with E-state index >= 15 is 0 Å². The number of rotatable bonds is 1. The number of H-pyrrole nitrogens is 1. The Morgan fingerprint density at radius 2 is 1.94 bits per heavy atom. The molecule has 2 nitrogen and oxygen atoms in total. The van der Waals surface area contributed by atoms with E-state index in [1.807, 2.05) is 0 Å². The molecule has 84 valence electrons. The predicted octanol–water partition coefficient (Wildman–Crippen LogP) is 3.70. The largest absolute Gasteiger partial charge is 0.368 e. The fraction of sp³-hybridized carbons (Fsp3) is 0.200. The maximum Gasteiger partial charge on any atom is 0.106 e. The van der Waals surface area contributed by atoms with Crippen molar-refractivity contribution in [1.29, 1.82) is 0 Å². The van der Waals surface area contributed by atoms with Crippen LogP contribution in [-0.2, 0) is 4.74 Å². The van der Waals surface area contributed by atoms with Gasteiger partial charge in [-0.15, -0.1) is 0 Å². The first-order valence-electron chi connectivity index (χ1n) is 5.96. The summed E-state index contributed by atoms with van der Waals surface area (Å²) in [5, 5.41) is 2.61. The van der Waals surface area contributed by atoms with Crippen molar-refractivity contribution in [3.05, 3.63) is 47.5 Å². The molecule has 1 atom stereocenters. The molecule has 2 heteroatoms. The Hall–Kier alpha value is -1.80. The number of benzene rings is 2. The van der Waals surface area contributed by atoms with Crippen molar-refractivity contribution < 1.29 is 4.74 Å². The summed E-state index contributed by atoms with van der Waals surface area (Å²) in [5.41, 5.74) is 5.10. The molecule has 3 aromatic rings. The molecule has 2 heterocycles. The lowest BCUT2D eigenvalue weighted by molar-refractivity contribution is 0.415. The van der Waals surface area contributed by atoms with Crippen molar-refractivity contribution >= 4 is 21.8 Å². The molecular formula is C15H13NO. The van der Waals surface area contributed by atoms with E-state index in [-0.39, 0.29) is 0 Å². The lowest BCUT2D eigenvalue weighted by atomic mass is 10.0. The van der Waals surface area contributed by atoms with E-state index in [0.29, 0.717) is 6.10 Å².